The zero-order chi connectivity index (χ0) is 74.5. The maximum Gasteiger partial charge on any atom is 0.0738 e. The third kappa shape index (κ3) is 13.9. The second-order valence-corrected chi connectivity index (χ2v) is 37.9. The summed E-state index contributed by atoms with van der Waals surface area (Å²) in [4.78, 5) is 39.3. The highest BCUT2D eigenvalue weighted by Gasteiger charge is 2.30. The lowest BCUT2D eigenvalue weighted by molar-refractivity contribution is 0.568. The van der Waals surface area contributed by atoms with Gasteiger partial charge in [0, 0.05) is 77.5 Å². The van der Waals surface area contributed by atoms with Gasteiger partial charge < -0.3 is 19.9 Å². The van der Waals surface area contributed by atoms with E-state index in [9.17, 15) is 0 Å². The first kappa shape index (κ1) is 71.1. The van der Waals surface area contributed by atoms with E-state index in [1.807, 2.05) is 0 Å². The number of nitrogens with zero attached hydrogens (tertiary/aromatic N) is 4. The molecule has 0 atom stereocenters. The van der Waals surface area contributed by atoms with E-state index in [-0.39, 0.29) is 43.3 Å². The lowest BCUT2D eigenvalue weighted by atomic mass is 9.78. The van der Waals surface area contributed by atoms with Crippen LogP contribution in [0.5, 0.6) is 0 Å². The Morgan fingerprint density at radius 2 is 0.385 bits per heavy atom. The zero-order valence-electron chi connectivity index (χ0n) is 66.1. The van der Waals surface area contributed by atoms with Gasteiger partial charge >= 0.3 is 0 Å². The van der Waals surface area contributed by atoms with Crippen molar-refractivity contribution < 1.29 is 0 Å². The number of hydrogen-bond acceptors (Lipinski definition) is 4. The molecule has 14 rings (SSSR count). The normalized spacial score (nSPS) is 13.8. The Labute approximate surface area is 617 Å². The quantitative estimate of drug-likeness (QED) is 0.137. The van der Waals surface area contributed by atoms with Crippen LogP contribution in [0, 0.1) is 0 Å². The summed E-state index contributed by atoms with van der Waals surface area (Å²) in [6.45, 7) is 55.5. The van der Waals surface area contributed by atoms with Gasteiger partial charge in [0.05, 0.1) is 45.6 Å². The SMILES string of the molecule is CC(C)(C)c1cc(-c2c3nc(cc4ccc([nH]4)c(-c4c5nc(c(-c6cc(C(C)(C)C)cc(C(C)(C)C)c6)c6ccc([nH]6)c(-c6cc(C(C)(C)C)cc(C(C)(C)C)c6)c6nc(cc7ccc4[nH]7)C=C6)C=C5)c4nc(c(-c5cc(C(C)(C)C)cc(C(C)(C)C)c5)c5ccc2[nH]5)C=C4)C=C3)cc(C(C)(C)C)c1. The Morgan fingerprint density at radius 1 is 0.192 bits per heavy atom. The molecule has 0 radical (unpaired) electrons. The number of aromatic nitrogens is 8. The molecule has 0 spiro atoms. The highest BCUT2D eigenvalue weighted by Crippen LogP contribution is 2.46. The van der Waals surface area contributed by atoms with Crippen molar-refractivity contribution in [1.82, 2.24) is 39.9 Å². The van der Waals surface area contributed by atoms with Crippen molar-refractivity contribution in [3.8, 4) is 55.6 Å². The van der Waals surface area contributed by atoms with Gasteiger partial charge in [0.2, 0.25) is 0 Å². The van der Waals surface area contributed by atoms with Gasteiger partial charge in [-0.05, 0) is 219 Å². The molecule has 104 heavy (non-hydrogen) atoms. The summed E-state index contributed by atoms with van der Waals surface area (Å²) in [7, 11) is 0. The van der Waals surface area contributed by atoms with Crippen molar-refractivity contribution in [1.29, 1.82) is 0 Å². The Morgan fingerprint density at radius 3 is 0.615 bits per heavy atom. The Bertz CT molecular complexity index is 5190. The fourth-order valence-electron chi connectivity index (χ4n) is 14.6. The van der Waals surface area contributed by atoms with Gasteiger partial charge in [0.1, 0.15) is 0 Å². The highest BCUT2D eigenvalue weighted by atomic mass is 14.8. The lowest BCUT2D eigenvalue weighted by Gasteiger charge is -2.26. The second kappa shape index (κ2) is 24.9. The van der Waals surface area contributed by atoms with E-state index >= 15 is 0 Å². The van der Waals surface area contributed by atoms with Crippen molar-refractivity contribution in [2.24, 2.45) is 0 Å². The number of aromatic amines is 4. The van der Waals surface area contributed by atoms with Crippen molar-refractivity contribution in [2.45, 2.75) is 209 Å². The van der Waals surface area contributed by atoms with Crippen LogP contribution in [0.1, 0.15) is 256 Å². The van der Waals surface area contributed by atoms with Gasteiger partial charge in [0.25, 0.3) is 0 Å². The van der Waals surface area contributed by atoms with Crippen molar-refractivity contribution in [3.05, 3.63) is 224 Å². The third-order valence-electron chi connectivity index (χ3n) is 21.2. The summed E-state index contributed by atoms with van der Waals surface area (Å²) in [6.07, 6.45) is 17.5. The first-order valence-corrected chi connectivity index (χ1v) is 37.4. The third-order valence-corrected chi connectivity index (χ3v) is 21.2. The van der Waals surface area contributed by atoms with Gasteiger partial charge in [-0.15, -0.1) is 0 Å². The summed E-state index contributed by atoms with van der Waals surface area (Å²) in [6, 6.07) is 50.8. The van der Waals surface area contributed by atoms with E-state index in [1.165, 1.54) is 44.5 Å². The first-order chi connectivity index (χ1) is 48.5. The molecule has 0 saturated carbocycles. The van der Waals surface area contributed by atoms with Crippen LogP contribution in [-0.4, -0.2) is 39.9 Å². The summed E-state index contributed by atoms with van der Waals surface area (Å²) in [5.74, 6) is 0. The molecule has 8 nitrogen and oxygen atoms in total. The van der Waals surface area contributed by atoms with Gasteiger partial charge in [0.15, 0.2) is 0 Å². The zero-order valence-corrected chi connectivity index (χ0v) is 66.1. The van der Waals surface area contributed by atoms with E-state index in [0.29, 0.717) is 0 Å². The molecule has 530 valence electrons. The molecule has 10 heterocycles. The van der Waals surface area contributed by atoms with Gasteiger partial charge in [-0.1, -0.05) is 239 Å². The van der Waals surface area contributed by atoms with Gasteiger partial charge in [-0.3, -0.25) is 0 Å². The number of nitrogens with one attached hydrogen (secondary N) is 4. The molecule has 6 aromatic heterocycles. The molecule has 4 aromatic carbocycles. The summed E-state index contributed by atoms with van der Waals surface area (Å²) >= 11 is 0. The standard InChI is InChI=1S/C96H106N8/c1-89(2,3)59-41-55(42-60(49-59)90(4,5)6)83-71-29-25-67(97-71)53-69-27-31-79(99-69)87(81-39-37-77(103-81)85(75-35-33-73(83)101-75)57-45-63(93(13,14)15)51-64(46-57)94(16,17)18)88-80-32-28-70(100-80)54-68-26-30-72(98-68)84(56-43-61(91(7,8)9)50-62(44-56)92(10,11)12)74-34-36-76(102-74)86(78-38-40-82(88)104-78)58-47-65(95(19,20)21)52-66(48-58)96(22,23)24/h25-54,99-102H,1-24H3. The van der Waals surface area contributed by atoms with Crippen molar-refractivity contribution >= 4 is 92.7 Å². The molecular weight excluding hydrogens is 1270 g/mol. The van der Waals surface area contributed by atoms with E-state index in [1.54, 1.807) is 0 Å². The van der Waals surface area contributed by atoms with Crippen LogP contribution in [0.2, 0.25) is 0 Å². The molecular formula is C96H106N8. The summed E-state index contributed by atoms with van der Waals surface area (Å²) in [5, 5.41) is 0. The van der Waals surface area contributed by atoms with Crippen LogP contribution in [0.25, 0.3) is 148 Å². The van der Waals surface area contributed by atoms with E-state index in [2.05, 4.69) is 368 Å². The number of benzene rings is 4. The number of fused-ring (bicyclic) bond motifs is 16. The molecule has 4 N–H and O–H groups in total. The smallest absolute Gasteiger partial charge is 0.0738 e. The molecule has 4 aliphatic heterocycles. The number of hydrogen-bond donors (Lipinski definition) is 4. The molecule has 0 amide bonds. The average molecular weight is 1370 g/mol. The predicted molar refractivity (Wildman–Crippen MR) is 448 cm³/mol. The molecule has 0 aliphatic carbocycles. The van der Waals surface area contributed by atoms with Crippen LogP contribution in [0.3, 0.4) is 0 Å². The maximum absolute atomic E-state index is 5.98. The van der Waals surface area contributed by atoms with E-state index in [4.69, 9.17) is 19.9 Å². The minimum absolute atomic E-state index is 0.108. The lowest BCUT2D eigenvalue weighted by Crippen LogP contribution is -2.16. The number of H-pyrrole nitrogens is 4. The Kier molecular flexibility index (Phi) is 17.0. The largest absolute Gasteiger partial charge is 0.355 e. The van der Waals surface area contributed by atoms with Crippen LogP contribution in [-0.2, 0) is 43.3 Å². The summed E-state index contributed by atoms with van der Waals surface area (Å²) < 4.78 is 0. The molecule has 0 saturated heterocycles. The van der Waals surface area contributed by atoms with Crippen LogP contribution < -0.4 is 0 Å². The fourth-order valence-corrected chi connectivity index (χ4v) is 14.6. The molecule has 10 aromatic rings. The molecule has 0 unspecified atom stereocenters. The van der Waals surface area contributed by atoms with Crippen molar-refractivity contribution in [3.63, 3.8) is 0 Å². The topological polar surface area (TPSA) is 115 Å². The van der Waals surface area contributed by atoms with Gasteiger partial charge in [-0.25, -0.2) is 19.9 Å². The monoisotopic (exact) mass is 1370 g/mol. The molecule has 8 heteroatoms. The highest BCUT2D eigenvalue weighted by molar-refractivity contribution is 6.04. The summed E-state index contributed by atoms with van der Waals surface area (Å²) in [5.41, 5.74) is 33.5. The predicted octanol–water partition coefficient (Wildman–Crippen LogP) is 26.3. The second-order valence-electron chi connectivity index (χ2n) is 37.9. The Hall–Kier alpha value is -9.92. The van der Waals surface area contributed by atoms with Crippen LogP contribution >= 0.6 is 0 Å². The Balaban J connectivity index is 1.14. The van der Waals surface area contributed by atoms with E-state index < -0.39 is 0 Å². The average Bonchev–Trinajstić information content (AvgIpc) is 1.57. The minimum Gasteiger partial charge on any atom is -0.355 e. The van der Waals surface area contributed by atoms with E-state index in [0.717, 1.165) is 145 Å². The first-order valence-electron chi connectivity index (χ1n) is 37.4. The van der Waals surface area contributed by atoms with Crippen LogP contribution in [0.15, 0.2) is 133 Å². The molecule has 0 fully saturated rings. The maximum atomic E-state index is 5.98. The van der Waals surface area contributed by atoms with Gasteiger partial charge in [-0.2, -0.15) is 0 Å². The van der Waals surface area contributed by atoms with Crippen LogP contribution in [0.4, 0.5) is 0 Å². The van der Waals surface area contributed by atoms with Crippen molar-refractivity contribution in [2.75, 3.05) is 0 Å². The molecule has 4 aliphatic rings. The minimum atomic E-state index is -0.157. The fraction of sp³-hybridized carbons (Fsp3) is 0.333. The molecule has 16 bridgehead atoms. The number of rotatable bonds is 5.